The molecule has 10 nitrogen and oxygen atoms in total. The van der Waals surface area contributed by atoms with Gasteiger partial charge in [-0.2, -0.15) is 0 Å². The van der Waals surface area contributed by atoms with Gasteiger partial charge >= 0.3 is 0 Å². The Balaban J connectivity index is 1.04. The lowest BCUT2D eigenvalue weighted by atomic mass is 9.97. The van der Waals surface area contributed by atoms with Crippen LogP contribution in [0.5, 0.6) is 0 Å². The number of nitrogens with zero attached hydrogens (tertiary/aromatic N) is 2. The fourth-order valence-corrected chi connectivity index (χ4v) is 6.14. The summed E-state index contributed by atoms with van der Waals surface area (Å²) in [5.74, 6) is -2.23. The summed E-state index contributed by atoms with van der Waals surface area (Å²) in [6.45, 7) is 1.98. The molecular weight excluding hydrogens is 584 g/mol. The molecule has 3 heterocycles. The topological polar surface area (TPSA) is 133 Å². The first-order valence-corrected chi connectivity index (χ1v) is 14.8. The highest BCUT2D eigenvalue weighted by Gasteiger charge is 2.38. The van der Waals surface area contributed by atoms with Gasteiger partial charge in [0.15, 0.2) is 0 Å². The first kappa shape index (κ1) is 28.8. The second-order valence-electron chi connectivity index (χ2n) is 11.8. The first-order valence-electron chi connectivity index (χ1n) is 14.8. The molecule has 6 amide bonds. The fourth-order valence-electron chi connectivity index (χ4n) is 6.14. The van der Waals surface area contributed by atoms with Crippen molar-refractivity contribution in [3.63, 3.8) is 0 Å². The monoisotopic (exact) mass is 612 g/mol. The second kappa shape index (κ2) is 10.9. The number of carbonyl (C=O) groups excluding carboxylic acids is 6. The van der Waals surface area contributed by atoms with Crippen LogP contribution in [0.15, 0.2) is 84.9 Å². The number of fused-ring (bicyclic) bond motifs is 2. The predicted molar refractivity (Wildman–Crippen MR) is 168 cm³/mol. The summed E-state index contributed by atoms with van der Waals surface area (Å²) >= 11 is 0. The van der Waals surface area contributed by atoms with Crippen LogP contribution in [0.25, 0.3) is 11.1 Å². The molecule has 4 aromatic rings. The van der Waals surface area contributed by atoms with E-state index in [-0.39, 0.29) is 35.3 Å². The zero-order valence-electron chi connectivity index (χ0n) is 25.0. The highest BCUT2D eigenvalue weighted by atomic mass is 16.2. The van der Waals surface area contributed by atoms with Gasteiger partial charge in [-0.1, -0.05) is 54.1 Å². The Morgan fingerprint density at radius 2 is 0.978 bits per heavy atom. The molecule has 10 heteroatoms. The van der Waals surface area contributed by atoms with E-state index in [1.807, 2.05) is 31.2 Å². The van der Waals surface area contributed by atoms with Crippen molar-refractivity contribution in [2.24, 2.45) is 0 Å². The largest absolute Gasteiger partial charge is 0.342 e. The minimum absolute atomic E-state index is 0.230. The number of hydrogen-bond donors (Lipinski definition) is 2. The van der Waals surface area contributed by atoms with Gasteiger partial charge in [0.05, 0.1) is 27.9 Å². The van der Waals surface area contributed by atoms with Crippen LogP contribution in [0.1, 0.15) is 58.1 Å². The maximum atomic E-state index is 13.5. The Labute approximate surface area is 264 Å². The van der Waals surface area contributed by atoms with E-state index in [1.165, 1.54) is 7.05 Å². The van der Waals surface area contributed by atoms with E-state index in [0.717, 1.165) is 26.5 Å². The lowest BCUT2D eigenvalue weighted by Gasteiger charge is -2.30. The molecule has 46 heavy (non-hydrogen) atoms. The summed E-state index contributed by atoms with van der Waals surface area (Å²) in [7, 11) is 1.43. The molecule has 0 aliphatic carbocycles. The number of benzene rings is 4. The number of aryl methyl sites for hydroxylation is 1. The molecule has 3 aliphatic heterocycles. The fraction of sp³-hybridized carbons (Fsp3) is 0.167. The summed E-state index contributed by atoms with van der Waals surface area (Å²) in [6, 6.07) is 23.0. The smallest absolute Gasteiger partial charge is 0.266 e. The molecule has 4 aromatic carbocycles. The maximum absolute atomic E-state index is 13.5. The molecule has 228 valence electrons. The van der Waals surface area contributed by atoms with Crippen LogP contribution in [0.2, 0.25) is 0 Å². The van der Waals surface area contributed by atoms with Gasteiger partial charge in [0.2, 0.25) is 11.8 Å². The lowest BCUT2D eigenvalue weighted by Crippen LogP contribution is -2.62. The number of amides is 6. The van der Waals surface area contributed by atoms with E-state index >= 15 is 0 Å². The van der Waals surface area contributed by atoms with E-state index in [2.05, 4.69) is 10.6 Å². The standard InChI is InChI=1S/C36H28N4O6/c1-19-3-5-20(6-4-19)15-29-31(41)38-30(32(42)37-29)16-21-7-11-24(12-8-21)40-35(45)26-14-10-23(18-28(26)36(40)46)22-9-13-25-27(17-22)34(44)39(2)33(25)43/h3-14,17-18,29-30H,15-16H2,1-2H3,(H,37,42)(H,38,41). The van der Waals surface area contributed by atoms with Crippen molar-refractivity contribution in [2.45, 2.75) is 31.8 Å². The molecule has 2 N–H and O–H groups in total. The lowest BCUT2D eigenvalue weighted by molar-refractivity contribution is -0.136. The minimum Gasteiger partial charge on any atom is -0.342 e. The third-order valence-electron chi connectivity index (χ3n) is 8.77. The number of rotatable bonds is 6. The van der Waals surface area contributed by atoms with Gasteiger partial charge in [-0.05, 0) is 65.6 Å². The summed E-state index contributed by atoms with van der Waals surface area (Å²) in [6.07, 6.45) is 0.637. The summed E-state index contributed by atoms with van der Waals surface area (Å²) < 4.78 is 0. The Morgan fingerprint density at radius 3 is 1.52 bits per heavy atom. The third-order valence-corrected chi connectivity index (χ3v) is 8.77. The van der Waals surface area contributed by atoms with Crippen LogP contribution in [0.4, 0.5) is 5.69 Å². The highest BCUT2D eigenvalue weighted by Crippen LogP contribution is 2.34. The molecule has 1 fully saturated rings. The molecule has 0 bridgehead atoms. The molecule has 0 radical (unpaired) electrons. The van der Waals surface area contributed by atoms with E-state index in [0.29, 0.717) is 34.4 Å². The zero-order chi connectivity index (χ0) is 32.3. The molecular formula is C36H28N4O6. The number of hydrogen-bond acceptors (Lipinski definition) is 6. The van der Waals surface area contributed by atoms with E-state index in [1.54, 1.807) is 60.7 Å². The van der Waals surface area contributed by atoms with Crippen molar-refractivity contribution in [2.75, 3.05) is 11.9 Å². The molecule has 3 aliphatic rings. The van der Waals surface area contributed by atoms with Crippen LogP contribution in [-0.2, 0) is 22.4 Å². The third kappa shape index (κ3) is 4.84. The van der Waals surface area contributed by atoms with Crippen molar-refractivity contribution < 1.29 is 28.8 Å². The van der Waals surface area contributed by atoms with E-state index in [4.69, 9.17) is 0 Å². The molecule has 0 spiro atoms. The van der Waals surface area contributed by atoms with Crippen molar-refractivity contribution in [3.8, 4) is 11.1 Å². The number of piperazine rings is 1. The maximum Gasteiger partial charge on any atom is 0.266 e. The number of anilines is 1. The number of carbonyl (C=O) groups is 6. The van der Waals surface area contributed by atoms with Gasteiger partial charge in [-0.15, -0.1) is 0 Å². The Hall–Kier alpha value is -5.90. The van der Waals surface area contributed by atoms with Crippen molar-refractivity contribution in [3.05, 3.63) is 124 Å². The molecule has 2 unspecified atom stereocenters. The number of imide groups is 2. The molecule has 0 aromatic heterocycles. The predicted octanol–water partition coefficient (Wildman–Crippen LogP) is 3.46. The Kier molecular flexibility index (Phi) is 6.85. The van der Waals surface area contributed by atoms with Crippen LogP contribution >= 0.6 is 0 Å². The average molecular weight is 613 g/mol. The van der Waals surface area contributed by atoms with Crippen molar-refractivity contribution >= 4 is 41.1 Å². The van der Waals surface area contributed by atoms with Crippen LogP contribution < -0.4 is 15.5 Å². The zero-order valence-corrected chi connectivity index (χ0v) is 25.0. The van der Waals surface area contributed by atoms with E-state index < -0.39 is 29.8 Å². The molecule has 0 saturated carbocycles. The number of nitrogens with one attached hydrogen (secondary N) is 2. The SMILES string of the molecule is Cc1ccc(CC2NC(=O)C(Cc3ccc(N4C(=O)c5ccc(-c6ccc7c(c6)C(=O)N(C)C7=O)cc5C4=O)cc3)NC2=O)cc1. The van der Waals surface area contributed by atoms with Gasteiger partial charge in [0.1, 0.15) is 12.1 Å². The first-order chi connectivity index (χ1) is 22.1. The van der Waals surface area contributed by atoms with Crippen molar-refractivity contribution in [1.29, 1.82) is 0 Å². The minimum atomic E-state index is -0.752. The molecule has 7 rings (SSSR count). The summed E-state index contributed by atoms with van der Waals surface area (Å²) in [5, 5.41) is 5.65. The Bertz CT molecular complexity index is 2000. The van der Waals surface area contributed by atoms with Gasteiger partial charge < -0.3 is 10.6 Å². The van der Waals surface area contributed by atoms with Gasteiger partial charge in [-0.3, -0.25) is 33.7 Å². The highest BCUT2D eigenvalue weighted by molar-refractivity contribution is 6.34. The summed E-state index contributed by atoms with van der Waals surface area (Å²) in [5.41, 5.74) is 5.56. The van der Waals surface area contributed by atoms with Gasteiger partial charge in [-0.25, -0.2) is 4.90 Å². The van der Waals surface area contributed by atoms with Gasteiger partial charge in [0.25, 0.3) is 23.6 Å². The molecule has 2 atom stereocenters. The Morgan fingerprint density at radius 1 is 0.543 bits per heavy atom. The average Bonchev–Trinajstić information content (AvgIpc) is 3.43. The van der Waals surface area contributed by atoms with Crippen LogP contribution in [-0.4, -0.2) is 59.5 Å². The van der Waals surface area contributed by atoms with Crippen LogP contribution in [0.3, 0.4) is 0 Å². The van der Waals surface area contributed by atoms with Crippen molar-refractivity contribution in [1.82, 2.24) is 15.5 Å². The summed E-state index contributed by atoms with van der Waals surface area (Å²) in [4.78, 5) is 79.3. The molecule has 1 saturated heterocycles. The van der Waals surface area contributed by atoms with Crippen LogP contribution in [0, 0.1) is 6.92 Å². The van der Waals surface area contributed by atoms with E-state index in [9.17, 15) is 28.8 Å². The van der Waals surface area contributed by atoms with Gasteiger partial charge in [0, 0.05) is 19.9 Å². The quantitative estimate of drug-likeness (QED) is 0.321. The normalized spacial score (nSPS) is 18.9. The second-order valence-corrected chi connectivity index (χ2v) is 11.8.